The molecule has 2 amide bonds. The summed E-state index contributed by atoms with van der Waals surface area (Å²) in [5.74, 6) is -0.337. The minimum absolute atomic E-state index is 0.0386. The quantitative estimate of drug-likeness (QED) is 0.930. The van der Waals surface area contributed by atoms with Crippen molar-refractivity contribution in [3.05, 3.63) is 71.5 Å². The Bertz CT molecular complexity index is 723. The molecule has 0 radical (unpaired) electrons. The molecule has 130 valence electrons. The summed E-state index contributed by atoms with van der Waals surface area (Å²) in [6.45, 7) is 1.27. The van der Waals surface area contributed by atoms with Crippen LogP contribution in [0.3, 0.4) is 0 Å². The van der Waals surface area contributed by atoms with Crippen molar-refractivity contribution in [2.45, 2.75) is 25.3 Å². The van der Waals surface area contributed by atoms with Gasteiger partial charge in [-0.05, 0) is 42.7 Å². The third-order valence-electron chi connectivity index (χ3n) is 4.45. The monoisotopic (exact) mass is 340 g/mol. The molecule has 1 N–H and O–H groups in total. The summed E-state index contributed by atoms with van der Waals surface area (Å²) < 4.78 is 12.9. The zero-order valence-corrected chi connectivity index (χ0v) is 14.0. The molecule has 1 heterocycles. The minimum Gasteiger partial charge on any atom is -0.353 e. The average molecular weight is 340 g/mol. The number of amides is 2. The van der Waals surface area contributed by atoms with Crippen molar-refractivity contribution in [1.82, 2.24) is 10.2 Å². The summed E-state index contributed by atoms with van der Waals surface area (Å²) in [7, 11) is 0. The first-order valence-electron chi connectivity index (χ1n) is 8.50. The molecule has 0 unspecified atom stereocenters. The molecule has 3 rings (SSSR count). The van der Waals surface area contributed by atoms with Gasteiger partial charge in [0.1, 0.15) is 5.82 Å². The number of benzene rings is 2. The third-order valence-corrected chi connectivity index (χ3v) is 4.45. The van der Waals surface area contributed by atoms with Crippen LogP contribution in [0.2, 0.25) is 0 Å². The number of hydrogen-bond donors (Lipinski definition) is 1. The third kappa shape index (κ3) is 4.66. The minimum atomic E-state index is -0.306. The summed E-state index contributed by atoms with van der Waals surface area (Å²) >= 11 is 0. The van der Waals surface area contributed by atoms with E-state index in [0.29, 0.717) is 18.7 Å². The fourth-order valence-electron chi connectivity index (χ4n) is 3.06. The van der Waals surface area contributed by atoms with Crippen LogP contribution in [0.1, 0.15) is 28.8 Å². The SMILES string of the molecule is O=C(Cc1ccc(F)cc1)NC1CCN(C(=O)c2ccccc2)CC1. The Labute approximate surface area is 146 Å². The van der Waals surface area contributed by atoms with Crippen LogP contribution in [0.5, 0.6) is 0 Å². The van der Waals surface area contributed by atoms with Crippen molar-refractivity contribution in [2.75, 3.05) is 13.1 Å². The topological polar surface area (TPSA) is 49.4 Å². The maximum atomic E-state index is 12.9. The largest absolute Gasteiger partial charge is 0.353 e. The summed E-state index contributed by atoms with van der Waals surface area (Å²) in [6.07, 6.45) is 1.73. The van der Waals surface area contributed by atoms with Crippen LogP contribution in [0, 0.1) is 5.82 Å². The van der Waals surface area contributed by atoms with Crippen LogP contribution in [0.4, 0.5) is 4.39 Å². The highest BCUT2D eigenvalue weighted by molar-refractivity contribution is 5.94. The van der Waals surface area contributed by atoms with Gasteiger partial charge in [-0.3, -0.25) is 9.59 Å². The van der Waals surface area contributed by atoms with Crippen LogP contribution in [0.25, 0.3) is 0 Å². The normalized spacial score (nSPS) is 15.0. The van der Waals surface area contributed by atoms with Gasteiger partial charge in [0.15, 0.2) is 0 Å². The lowest BCUT2D eigenvalue weighted by molar-refractivity contribution is -0.121. The molecule has 0 saturated carbocycles. The van der Waals surface area contributed by atoms with Crippen molar-refractivity contribution in [2.24, 2.45) is 0 Å². The number of hydrogen-bond acceptors (Lipinski definition) is 2. The highest BCUT2D eigenvalue weighted by Gasteiger charge is 2.24. The molecule has 1 saturated heterocycles. The Morgan fingerprint density at radius 2 is 1.64 bits per heavy atom. The number of carbonyl (C=O) groups excluding carboxylic acids is 2. The van der Waals surface area contributed by atoms with E-state index in [0.717, 1.165) is 18.4 Å². The van der Waals surface area contributed by atoms with Crippen LogP contribution >= 0.6 is 0 Å². The molecular weight excluding hydrogens is 319 g/mol. The first-order chi connectivity index (χ1) is 12.1. The Kier molecular flexibility index (Phi) is 5.43. The maximum absolute atomic E-state index is 12.9. The summed E-state index contributed by atoms with van der Waals surface area (Å²) in [6, 6.07) is 15.3. The molecule has 25 heavy (non-hydrogen) atoms. The first-order valence-corrected chi connectivity index (χ1v) is 8.50. The zero-order chi connectivity index (χ0) is 17.6. The molecule has 0 bridgehead atoms. The van der Waals surface area contributed by atoms with Crippen LogP contribution in [-0.2, 0) is 11.2 Å². The molecule has 5 heteroatoms. The molecule has 0 aromatic heterocycles. The molecule has 4 nitrogen and oxygen atoms in total. The van der Waals surface area contributed by atoms with Gasteiger partial charge in [-0.1, -0.05) is 30.3 Å². The Morgan fingerprint density at radius 3 is 2.28 bits per heavy atom. The Hall–Kier alpha value is -2.69. The lowest BCUT2D eigenvalue weighted by Crippen LogP contribution is -2.46. The van der Waals surface area contributed by atoms with Gasteiger partial charge in [0.25, 0.3) is 5.91 Å². The second-order valence-electron chi connectivity index (χ2n) is 6.30. The van der Waals surface area contributed by atoms with Crippen LogP contribution in [0.15, 0.2) is 54.6 Å². The predicted octanol–water partition coefficient (Wildman–Crippen LogP) is 2.79. The summed E-state index contributed by atoms with van der Waals surface area (Å²) in [5, 5.41) is 3.01. The van der Waals surface area contributed by atoms with Gasteiger partial charge in [0.2, 0.25) is 5.91 Å². The average Bonchev–Trinajstić information content (AvgIpc) is 2.64. The van der Waals surface area contributed by atoms with Gasteiger partial charge in [-0.15, -0.1) is 0 Å². The Morgan fingerprint density at radius 1 is 1.00 bits per heavy atom. The van der Waals surface area contributed by atoms with Crippen molar-refractivity contribution in [3.63, 3.8) is 0 Å². The number of rotatable bonds is 4. The van der Waals surface area contributed by atoms with E-state index < -0.39 is 0 Å². The number of nitrogens with one attached hydrogen (secondary N) is 1. The fraction of sp³-hybridized carbons (Fsp3) is 0.300. The number of likely N-dealkylation sites (tertiary alicyclic amines) is 1. The van der Waals surface area contributed by atoms with Crippen molar-refractivity contribution in [3.8, 4) is 0 Å². The van der Waals surface area contributed by atoms with E-state index in [1.807, 2.05) is 35.2 Å². The summed E-state index contributed by atoms with van der Waals surface area (Å²) in [4.78, 5) is 26.4. The lowest BCUT2D eigenvalue weighted by Gasteiger charge is -2.32. The van der Waals surface area contributed by atoms with E-state index in [4.69, 9.17) is 0 Å². The molecule has 0 atom stereocenters. The van der Waals surface area contributed by atoms with Gasteiger partial charge in [-0.2, -0.15) is 0 Å². The molecule has 1 fully saturated rings. The second-order valence-corrected chi connectivity index (χ2v) is 6.30. The number of piperidine rings is 1. The highest BCUT2D eigenvalue weighted by Crippen LogP contribution is 2.14. The van der Waals surface area contributed by atoms with Crippen molar-refractivity contribution in [1.29, 1.82) is 0 Å². The predicted molar refractivity (Wildman–Crippen MR) is 93.6 cm³/mol. The number of carbonyl (C=O) groups is 2. The van der Waals surface area contributed by atoms with Gasteiger partial charge in [0, 0.05) is 24.7 Å². The molecule has 2 aromatic rings. The first kappa shape index (κ1) is 17.1. The fourth-order valence-corrected chi connectivity index (χ4v) is 3.06. The van der Waals surface area contributed by atoms with Gasteiger partial charge < -0.3 is 10.2 Å². The smallest absolute Gasteiger partial charge is 0.253 e. The number of halogens is 1. The van der Waals surface area contributed by atoms with E-state index in [1.165, 1.54) is 12.1 Å². The zero-order valence-electron chi connectivity index (χ0n) is 14.0. The molecule has 1 aliphatic rings. The van der Waals surface area contributed by atoms with E-state index in [-0.39, 0.29) is 30.1 Å². The van der Waals surface area contributed by atoms with Crippen LogP contribution in [-0.4, -0.2) is 35.8 Å². The molecule has 2 aromatic carbocycles. The van der Waals surface area contributed by atoms with Gasteiger partial charge in [-0.25, -0.2) is 4.39 Å². The Balaban J connectivity index is 1.46. The van der Waals surface area contributed by atoms with E-state index >= 15 is 0 Å². The van der Waals surface area contributed by atoms with E-state index in [2.05, 4.69) is 5.32 Å². The van der Waals surface area contributed by atoms with Gasteiger partial charge in [0.05, 0.1) is 6.42 Å². The molecule has 0 aliphatic carbocycles. The molecule has 1 aliphatic heterocycles. The second kappa shape index (κ2) is 7.92. The van der Waals surface area contributed by atoms with Crippen LogP contribution < -0.4 is 5.32 Å². The highest BCUT2D eigenvalue weighted by atomic mass is 19.1. The van der Waals surface area contributed by atoms with E-state index in [9.17, 15) is 14.0 Å². The maximum Gasteiger partial charge on any atom is 0.253 e. The molecular formula is C20H21FN2O2. The van der Waals surface area contributed by atoms with Crippen molar-refractivity contribution < 1.29 is 14.0 Å². The number of nitrogens with zero attached hydrogens (tertiary/aromatic N) is 1. The summed E-state index contributed by atoms with van der Waals surface area (Å²) in [5.41, 5.74) is 1.48. The molecule has 0 spiro atoms. The van der Waals surface area contributed by atoms with Crippen molar-refractivity contribution >= 4 is 11.8 Å². The standard InChI is InChI=1S/C20H21FN2O2/c21-17-8-6-15(7-9-17)14-19(24)22-18-10-12-23(13-11-18)20(25)16-4-2-1-3-5-16/h1-9,18H,10-14H2,(H,22,24). The van der Waals surface area contributed by atoms with Gasteiger partial charge >= 0.3 is 0 Å². The lowest BCUT2D eigenvalue weighted by atomic mass is 10.0. The van der Waals surface area contributed by atoms with E-state index in [1.54, 1.807) is 12.1 Å².